The molecule has 5 nitrogen and oxygen atoms in total. The summed E-state index contributed by atoms with van der Waals surface area (Å²) in [6.07, 6.45) is 1.27. The average molecular weight is 335 g/mol. The molecule has 116 valence electrons. The van der Waals surface area contributed by atoms with Gasteiger partial charge < -0.3 is 9.80 Å². The molecule has 22 heavy (non-hydrogen) atoms. The van der Waals surface area contributed by atoms with Crippen LogP contribution in [0.1, 0.15) is 21.8 Å². The molecule has 1 fully saturated rings. The summed E-state index contributed by atoms with van der Waals surface area (Å²) in [6.45, 7) is 2.57. The highest BCUT2D eigenvalue weighted by molar-refractivity contribution is 7.10. The van der Waals surface area contributed by atoms with Crippen molar-refractivity contribution in [2.45, 2.75) is 12.8 Å². The van der Waals surface area contributed by atoms with Crippen molar-refractivity contribution in [3.05, 3.63) is 39.0 Å². The lowest BCUT2D eigenvalue weighted by Gasteiger charge is -2.21. The van der Waals surface area contributed by atoms with Crippen LogP contribution in [0.15, 0.2) is 28.4 Å². The van der Waals surface area contributed by atoms with Crippen molar-refractivity contribution in [2.75, 3.05) is 26.2 Å². The lowest BCUT2D eigenvalue weighted by molar-refractivity contribution is -0.130. The molecule has 3 rings (SSSR count). The van der Waals surface area contributed by atoms with Gasteiger partial charge in [0.15, 0.2) is 0 Å². The lowest BCUT2D eigenvalue weighted by atomic mass is 10.3. The standard InChI is InChI=1S/C15H17N3O2S2/c19-14(9-12-3-1-8-22-12)17-4-2-5-18(7-6-17)15(20)13-10-21-11-16-13/h1,3,8,10-11H,2,4-7,9H2. The van der Waals surface area contributed by atoms with Crippen LogP contribution in [-0.4, -0.2) is 52.8 Å². The quantitative estimate of drug-likeness (QED) is 0.863. The second-order valence-corrected chi connectivity index (χ2v) is 6.91. The summed E-state index contributed by atoms with van der Waals surface area (Å²) in [6, 6.07) is 3.95. The van der Waals surface area contributed by atoms with Crippen molar-refractivity contribution in [3.63, 3.8) is 0 Å². The lowest BCUT2D eigenvalue weighted by Crippen LogP contribution is -2.38. The van der Waals surface area contributed by atoms with Crippen LogP contribution in [-0.2, 0) is 11.2 Å². The monoisotopic (exact) mass is 335 g/mol. The van der Waals surface area contributed by atoms with E-state index in [1.807, 2.05) is 22.4 Å². The molecule has 0 aliphatic carbocycles. The minimum Gasteiger partial charge on any atom is -0.341 e. The Hall–Kier alpha value is -1.73. The van der Waals surface area contributed by atoms with Gasteiger partial charge in [-0.1, -0.05) is 6.07 Å². The smallest absolute Gasteiger partial charge is 0.273 e. The van der Waals surface area contributed by atoms with Crippen molar-refractivity contribution in [1.29, 1.82) is 0 Å². The fraction of sp³-hybridized carbons (Fsp3) is 0.400. The van der Waals surface area contributed by atoms with Gasteiger partial charge >= 0.3 is 0 Å². The van der Waals surface area contributed by atoms with E-state index in [1.54, 1.807) is 27.1 Å². The van der Waals surface area contributed by atoms with Crippen LogP contribution in [0.25, 0.3) is 0 Å². The first kappa shape index (κ1) is 15.2. The van der Waals surface area contributed by atoms with Gasteiger partial charge in [-0.05, 0) is 17.9 Å². The van der Waals surface area contributed by atoms with Gasteiger partial charge in [0, 0.05) is 36.4 Å². The van der Waals surface area contributed by atoms with E-state index in [0.717, 1.165) is 11.3 Å². The Morgan fingerprint density at radius 1 is 1.18 bits per heavy atom. The van der Waals surface area contributed by atoms with E-state index in [0.29, 0.717) is 38.3 Å². The Morgan fingerprint density at radius 3 is 2.73 bits per heavy atom. The molecule has 0 aromatic carbocycles. The van der Waals surface area contributed by atoms with E-state index in [4.69, 9.17) is 0 Å². The number of nitrogens with zero attached hydrogens (tertiary/aromatic N) is 3. The normalized spacial score (nSPS) is 15.6. The highest BCUT2D eigenvalue weighted by atomic mass is 32.1. The van der Waals surface area contributed by atoms with Gasteiger partial charge in [-0.25, -0.2) is 4.98 Å². The third kappa shape index (κ3) is 3.53. The molecular formula is C15H17N3O2S2. The maximum absolute atomic E-state index is 12.3. The molecule has 2 aromatic rings. The van der Waals surface area contributed by atoms with Gasteiger partial charge in [0.2, 0.25) is 5.91 Å². The number of carbonyl (C=O) groups is 2. The Labute approximate surface area is 137 Å². The first-order chi connectivity index (χ1) is 10.7. The van der Waals surface area contributed by atoms with Crippen LogP contribution >= 0.6 is 22.7 Å². The van der Waals surface area contributed by atoms with Gasteiger partial charge in [0.05, 0.1) is 11.9 Å². The van der Waals surface area contributed by atoms with Gasteiger partial charge in [-0.2, -0.15) is 0 Å². The summed E-state index contributed by atoms with van der Waals surface area (Å²) < 4.78 is 0. The zero-order chi connectivity index (χ0) is 15.4. The van der Waals surface area contributed by atoms with Crippen LogP contribution in [0.3, 0.4) is 0 Å². The summed E-state index contributed by atoms with van der Waals surface area (Å²) in [5, 5.41) is 3.76. The number of carbonyl (C=O) groups excluding carboxylic acids is 2. The molecule has 0 saturated carbocycles. The van der Waals surface area contributed by atoms with Crippen LogP contribution in [0.4, 0.5) is 0 Å². The predicted molar refractivity (Wildman–Crippen MR) is 87.2 cm³/mol. The molecule has 3 heterocycles. The number of hydrogen-bond donors (Lipinski definition) is 0. The zero-order valence-corrected chi connectivity index (χ0v) is 13.7. The van der Waals surface area contributed by atoms with Gasteiger partial charge in [-0.3, -0.25) is 9.59 Å². The predicted octanol–water partition coefficient (Wildman–Crippen LogP) is 2.12. The van der Waals surface area contributed by atoms with Crippen LogP contribution in [0.5, 0.6) is 0 Å². The molecule has 0 radical (unpaired) electrons. The zero-order valence-electron chi connectivity index (χ0n) is 12.1. The van der Waals surface area contributed by atoms with E-state index in [-0.39, 0.29) is 11.8 Å². The van der Waals surface area contributed by atoms with Gasteiger partial charge in [0.25, 0.3) is 5.91 Å². The minimum absolute atomic E-state index is 0.0335. The van der Waals surface area contributed by atoms with E-state index >= 15 is 0 Å². The molecule has 1 aliphatic heterocycles. The molecule has 1 saturated heterocycles. The summed E-state index contributed by atoms with van der Waals surface area (Å²) in [7, 11) is 0. The summed E-state index contributed by atoms with van der Waals surface area (Å²) >= 11 is 3.03. The van der Waals surface area contributed by atoms with Crippen LogP contribution < -0.4 is 0 Å². The Balaban J connectivity index is 1.57. The first-order valence-electron chi connectivity index (χ1n) is 7.21. The Kier molecular flexibility index (Phi) is 4.84. The number of thiophene rings is 1. The third-order valence-corrected chi connectivity index (χ3v) is 5.16. The van der Waals surface area contributed by atoms with Crippen molar-refractivity contribution < 1.29 is 9.59 Å². The summed E-state index contributed by atoms with van der Waals surface area (Å²) in [4.78, 5) is 33.5. The van der Waals surface area contributed by atoms with Gasteiger partial charge in [0.1, 0.15) is 5.69 Å². The van der Waals surface area contributed by atoms with Crippen molar-refractivity contribution in [1.82, 2.24) is 14.8 Å². The third-order valence-electron chi connectivity index (χ3n) is 3.69. The van der Waals surface area contributed by atoms with Crippen molar-refractivity contribution in [2.24, 2.45) is 0 Å². The first-order valence-corrected chi connectivity index (χ1v) is 9.04. The van der Waals surface area contributed by atoms with E-state index in [2.05, 4.69) is 4.98 Å². The molecule has 0 spiro atoms. The summed E-state index contributed by atoms with van der Waals surface area (Å²) in [5.74, 6) is 0.110. The Morgan fingerprint density at radius 2 is 2.00 bits per heavy atom. The number of thiazole rings is 1. The molecule has 0 N–H and O–H groups in total. The van der Waals surface area contributed by atoms with E-state index in [1.165, 1.54) is 11.3 Å². The summed E-state index contributed by atoms with van der Waals surface area (Å²) in [5.41, 5.74) is 2.17. The van der Waals surface area contributed by atoms with Crippen LogP contribution in [0, 0.1) is 0 Å². The molecule has 2 aromatic heterocycles. The number of rotatable bonds is 3. The highest BCUT2D eigenvalue weighted by Gasteiger charge is 2.23. The second-order valence-electron chi connectivity index (χ2n) is 5.16. The van der Waals surface area contributed by atoms with Crippen LogP contribution in [0.2, 0.25) is 0 Å². The fourth-order valence-electron chi connectivity index (χ4n) is 2.52. The number of amides is 2. The molecule has 0 unspecified atom stereocenters. The Bertz CT molecular complexity index is 625. The number of hydrogen-bond acceptors (Lipinski definition) is 5. The maximum Gasteiger partial charge on any atom is 0.273 e. The SMILES string of the molecule is O=C(Cc1cccs1)N1CCCN(C(=O)c2cscn2)CC1. The average Bonchev–Trinajstić information content (AvgIpc) is 3.16. The maximum atomic E-state index is 12.3. The fourth-order valence-corrected chi connectivity index (χ4v) is 3.75. The molecule has 7 heteroatoms. The van der Waals surface area contributed by atoms with E-state index in [9.17, 15) is 9.59 Å². The molecule has 0 bridgehead atoms. The molecular weight excluding hydrogens is 318 g/mol. The van der Waals surface area contributed by atoms with Gasteiger partial charge in [-0.15, -0.1) is 22.7 Å². The molecule has 2 amide bonds. The largest absolute Gasteiger partial charge is 0.341 e. The molecule has 0 atom stereocenters. The number of aromatic nitrogens is 1. The van der Waals surface area contributed by atoms with E-state index < -0.39 is 0 Å². The minimum atomic E-state index is -0.0335. The molecule has 1 aliphatic rings. The highest BCUT2D eigenvalue weighted by Crippen LogP contribution is 2.13. The van der Waals surface area contributed by atoms with Crippen molar-refractivity contribution in [3.8, 4) is 0 Å². The topological polar surface area (TPSA) is 53.5 Å². The second kappa shape index (κ2) is 7.02. The van der Waals surface area contributed by atoms with Crippen molar-refractivity contribution >= 4 is 34.5 Å².